The van der Waals surface area contributed by atoms with Crippen LogP contribution in [0.5, 0.6) is 0 Å². The minimum absolute atomic E-state index is 0.163. The second kappa shape index (κ2) is 6.03. The molecule has 0 heterocycles. The predicted octanol–water partition coefficient (Wildman–Crippen LogP) is 5.14. The fourth-order valence-electron chi connectivity index (χ4n) is 2.04. The number of aliphatic imine (C=N–C) groups is 1. The Morgan fingerprint density at radius 1 is 1.05 bits per heavy atom. The summed E-state index contributed by atoms with van der Waals surface area (Å²) in [6.45, 7) is 6.36. The van der Waals surface area contributed by atoms with Gasteiger partial charge in [-0.1, -0.05) is 47.5 Å². The zero-order valence-corrected chi connectivity index (χ0v) is 12.3. The zero-order chi connectivity index (χ0) is 13.8. The van der Waals surface area contributed by atoms with E-state index in [0.29, 0.717) is 0 Å². The van der Waals surface area contributed by atoms with Crippen LogP contribution < -0.4 is 0 Å². The van der Waals surface area contributed by atoms with E-state index >= 15 is 0 Å². The summed E-state index contributed by atoms with van der Waals surface area (Å²) in [4.78, 5) is 4.63. The van der Waals surface area contributed by atoms with E-state index in [2.05, 4.69) is 44.0 Å². The van der Waals surface area contributed by atoms with Gasteiger partial charge in [0.15, 0.2) is 0 Å². The molecule has 98 valence electrons. The first kappa shape index (κ1) is 13.8. The molecule has 2 heteroatoms. The van der Waals surface area contributed by atoms with Crippen LogP contribution in [0.2, 0.25) is 5.02 Å². The monoisotopic (exact) mass is 271 g/mol. The maximum Gasteiger partial charge on any atom is 0.0723 e. The van der Waals surface area contributed by atoms with Crippen LogP contribution in [0, 0.1) is 13.8 Å². The molecule has 2 rings (SSSR count). The van der Waals surface area contributed by atoms with Crippen LogP contribution in [0.1, 0.15) is 35.2 Å². The van der Waals surface area contributed by atoms with E-state index in [0.717, 1.165) is 10.6 Å². The molecule has 0 aliphatic heterocycles. The average molecular weight is 272 g/mol. The Hall–Kier alpha value is -1.60. The van der Waals surface area contributed by atoms with Gasteiger partial charge in [-0.15, -0.1) is 0 Å². The van der Waals surface area contributed by atoms with Crippen molar-refractivity contribution in [3.8, 4) is 0 Å². The third-order valence-corrected chi connectivity index (χ3v) is 3.45. The Morgan fingerprint density at radius 2 is 1.74 bits per heavy atom. The fourth-order valence-corrected chi connectivity index (χ4v) is 2.16. The van der Waals surface area contributed by atoms with Crippen molar-refractivity contribution in [1.29, 1.82) is 0 Å². The summed E-state index contributed by atoms with van der Waals surface area (Å²) in [7, 11) is 0. The smallest absolute Gasteiger partial charge is 0.0723 e. The summed E-state index contributed by atoms with van der Waals surface area (Å²) in [6.07, 6.45) is 1.91. The van der Waals surface area contributed by atoms with Crippen molar-refractivity contribution in [2.75, 3.05) is 0 Å². The molecule has 0 aromatic heterocycles. The molecule has 0 radical (unpaired) electrons. The maximum atomic E-state index is 5.86. The number of hydrogen-bond donors (Lipinski definition) is 0. The molecule has 0 unspecified atom stereocenters. The van der Waals surface area contributed by atoms with Gasteiger partial charge in [0.2, 0.25) is 0 Å². The van der Waals surface area contributed by atoms with Gasteiger partial charge in [0.1, 0.15) is 0 Å². The molecular formula is C17H18ClN. The SMILES string of the molecule is Cc1ccc(C)c([C@@H](C)N=Cc2ccc(Cl)cc2)c1. The molecule has 0 fully saturated rings. The van der Waals surface area contributed by atoms with Crippen molar-refractivity contribution in [1.82, 2.24) is 0 Å². The highest BCUT2D eigenvalue weighted by Crippen LogP contribution is 2.22. The lowest BCUT2D eigenvalue weighted by molar-refractivity contribution is 0.815. The number of benzene rings is 2. The molecule has 1 nitrogen and oxygen atoms in total. The Bertz CT molecular complexity index is 585. The summed E-state index contributed by atoms with van der Waals surface area (Å²) >= 11 is 5.86. The van der Waals surface area contributed by atoms with E-state index in [1.807, 2.05) is 30.5 Å². The molecule has 0 aliphatic rings. The minimum atomic E-state index is 0.163. The van der Waals surface area contributed by atoms with E-state index in [4.69, 9.17) is 11.6 Å². The van der Waals surface area contributed by atoms with E-state index in [-0.39, 0.29) is 6.04 Å². The van der Waals surface area contributed by atoms with Crippen molar-refractivity contribution in [2.24, 2.45) is 4.99 Å². The van der Waals surface area contributed by atoms with Crippen molar-refractivity contribution >= 4 is 17.8 Å². The van der Waals surface area contributed by atoms with Crippen LogP contribution >= 0.6 is 11.6 Å². The molecule has 0 amide bonds. The Balaban J connectivity index is 2.18. The summed E-state index contributed by atoms with van der Waals surface area (Å²) in [6, 6.07) is 14.4. The molecule has 2 aromatic carbocycles. The molecule has 0 aliphatic carbocycles. The van der Waals surface area contributed by atoms with Gasteiger partial charge < -0.3 is 0 Å². The Morgan fingerprint density at radius 3 is 2.42 bits per heavy atom. The van der Waals surface area contributed by atoms with Gasteiger partial charge in [-0.25, -0.2) is 0 Å². The highest BCUT2D eigenvalue weighted by Gasteiger charge is 2.06. The highest BCUT2D eigenvalue weighted by molar-refractivity contribution is 6.30. The van der Waals surface area contributed by atoms with E-state index in [1.165, 1.54) is 16.7 Å². The molecular weight excluding hydrogens is 254 g/mol. The molecule has 0 bridgehead atoms. The maximum absolute atomic E-state index is 5.86. The second-order valence-electron chi connectivity index (χ2n) is 4.87. The summed E-state index contributed by atoms with van der Waals surface area (Å²) in [5.74, 6) is 0. The predicted molar refractivity (Wildman–Crippen MR) is 83.4 cm³/mol. The molecule has 0 N–H and O–H groups in total. The number of halogens is 1. The molecule has 1 atom stereocenters. The van der Waals surface area contributed by atoms with Crippen molar-refractivity contribution in [3.63, 3.8) is 0 Å². The quantitative estimate of drug-likeness (QED) is 0.686. The van der Waals surface area contributed by atoms with Crippen molar-refractivity contribution in [2.45, 2.75) is 26.8 Å². The highest BCUT2D eigenvalue weighted by atomic mass is 35.5. The average Bonchev–Trinajstić information content (AvgIpc) is 2.40. The van der Waals surface area contributed by atoms with Crippen LogP contribution in [-0.2, 0) is 0 Å². The van der Waals surface area contributed by atoms with Crippen LogP contribution in [0.25, 0.3) is 0 Å². The third-order valence-electron chi connectivity index (χ3n) is 3.20. The fraction of sp³-hybridized carbons (Fsp3) is 0.235. The Kier molecular flexibility index (Phi) is 4.39. The third kappa shape index (κ3) is 3.68. The van der Waals surface area contributed by atoms with E-state index in [1.54, 1.807) is 0 Å². The van der Waals surface area contributed by atoms with Gasteiger partial charge in [-0.3, -0.25) is 4.99 Å². The summed E-state index contributed by atoms with van der Waals surface area (Å²) < 4.78 is 0. The first-order valence-electron chi connectivity index (χ1n) is 6.42. The van der Waals surface area contributed by atoms with Crippen molar-refractivity contribution in [3.05, 3.63) is 69.7 Å². The van der Waals surface area contributed by atoms with Gasteiger partial charge in [0, 0.05) is 11.2 Å². The Labute approximate surface area is 120 Å². The number of aryl methyl sites for hydroxylation is 2. The number of rotatable bonds is 3. The zero-order valence-electron chi connectivity index (χ0n) is 11.5. The molecule has 19 heavy (non-hydrogen) atoms. The first-order chi connectivity index (χ1) is 9.06. The summed E-state index contributed by atoms with van der Waals surface area (Å²) in [5.41, 5.74) is 4.91. The van der Waals surface area contributed by atoms with Crippen LogP contribution in [0.15, 0.2) is 47.5 Å². The molecule has 0 saturated heterocycles. The van der Waals surface area contributed by atoms with Gasteiger partial charge in [-0.2, -0.15) is 0 Å². The minimum Gasteiger partial charge on any atom is -0.285 e. The van der Waals surface area contributed by atoms with Crippen molar-refractivity contribution < 1.29 is 0 Å². The molecule has 0 spiro atoms. The molecule has 2 aromatic rings. The second-order valence-corrected chi connectivity index (χ2v) is 5.30. The normalized spacial score (nSPS) is 12.8. The van der Waals surface area contributed by atoms with E-state index in [9.17, 15) is 0 Å². The lowest BCUT2D eigenvalue weighted by atomic mass is 10.0. The van der Waals surface area contributed by atoms with Crippen LogP contribution in [0.4, 0.5) is 0 Å². The largest absolute Gasteiger partial charge is 0.285 e. The van der Waals surface area contributed by atoms with Gasteiger partial charge in [0.05, 0.1) is 6.04 Å². The number of hydrogen-bond acceptors (Lipinski definition) is 1. The standard InChI is InChI=1S/C17H18ClN/c1-12-4-5-13(2)17(10-12)14(3)19-11-15-6-8-16(18)9-7-15/h4-11,14H,1-3H3/t14-/m1/s1. The van der Waals surface area contributed by atoms with Gasteiger partial charge >= 0.3 is 0 Å². The van der Waals surface area contributed by atoms with E-state index < -0.39 is 0 Å². The first-order valence-corrected chi connectivity index (χ1v) is 6.80. The lowest BCUT2D eigenvalue weighted by Gasteiger charge is -2.11. The number of nitrogens with zero attached hydrogens (tertiary/aromatic N) is 1. The summed E-state index contributed by atoms with van der Waals surface area (Å²) in [5, 5.41) is 0.750. The van der Waals surface area contributed by atoms with Crippen LogP contribution in [-0.4, -0.2) is 6.21 Å². The topological polar surface area (TPSA) is 12.4 Å². The van der Waals surface area contributed by atoms with Gasteiger partial charge in [0.25, 0.3) is 0 Å². The molecule has 0 saturated carbocycles. The van der Waals surface area contributed by atoms with Crippen LogP contribution in [0.3, 0.4) is 0 Å². The lowest BCUT2D eigenvalue weighted by Crippen LogP contribution is -1.95. The van der Waals surface area contributed by atoms with Gasteiger partial charge in [-0.05, 0) is 49.6 Å².